The second kappa shape index (κ2) is 8.82. The number of benzene rings is 2. The van der Waals surface area contributed by atoms with Gasteiger partial charge < -0.3 is 4.57 Å². The van der Waals surface area contributed by atoms with Crippen LogP contribution in [0.25, 0.3) is 0 Å². The van der Waals surface area contributed by atoms with E-state index in [-0.39, 0.29) is 10.9 Å². The van der Waals surface area contributed by atoms with Crippen LogP contribution >= 0.6 is 7.80 Å². The Kier molecular flexibility index (Phi) is 7.01. The van der Waals surface area contributed by atoms with Gasteiger partial charge in [0, 0.05) is 11.7 Å². The molecule has 26 heavy (non-hydrogen) atoms. The van der Waals surface area contributed by atoms with Crippen LogP contribution in [0.2, 0.25) is 0 Å². The number of rotatable bonds is 7. The lowest BCUT2D eigenvalue weighted by atomic mass is 9.84. The number of carbonyl (C=O) groups is 1. The average Bonchev–Trinajstić information content (AvgIpc) is 2.57. The van der Waals surface area contributed by atoms with Crippen LogP contribution in [-0.2, 0) is 16.4 Å². The van der Waals surface area contributed by atoms with Gasteiger partial charge in [-0.1, -0.05) is 63.2 Å². The number of hydrogen-bond acceptors (Lipinski definition) is 2. The number of carbonyl (C=O) groups excluding carboxylic acids is 1. The van der Waals surface area contributed by atoms with Crippen LogP contribution in [0.4, 0.5) is 0 Å². The smallest absolute Gasteiger partial charge is 0.219 e. The van der Waals surface area contributed by atoms with Crippen molar-refractivity contribution >= 4 is 13.3 Å². The Bertz CT molecular complexity index is 763. The summed E-state index contributed by atoms with van der Waals surface area (Å²) in [5.74, 6) is 0. The molecule has 1 unspecified atom stereocenters. The van der Waals surface area contributed by atoms with E-state index in [9.17, 15) is 9.36 Å². The molecule has 0 fully saturated rings. The molecule has 2 aromatic rings. The molecular formula is C23H31O2P. The Balaban J connectivity index is 1.98. The van der Waals surface area contributed by atoms with Crippen molar-refractivity contribution in [1.29, 1.82) is 0 Å². The lowest BCUT2D eigenvalue weighted by molar-refractivity contribution is 0.107. The zero-order valence-corrected chi connectivity index (χ0v) is 17.7. The summed E-state index contributed by atoms with van der Waals surface area (Å²) in [6.07, 6.45) is 3.28. The molecule has 0 aliphatic carbocycles. The maximum absolute atomic E-state index is 12.7. The quantitative estimate of drug-likeness (QED) is 0.422. The predicted molar refractivity (Wildman–Crippen MR) is 112 cm³/mol. The number of unbranched alkanes of at least 4 members (excludes halogenated alkanes) is 1. The van der Waals surface area contributed by atoms with Crippen molar-refractivity contribution in [3.05, 3.63) is 70.3 Å². The van der Waals surface area contributed by atoms with Crippen molar-refractivity contribution in [2.45, 2.75) is 59.3 Å². The minimum absolute atomic E-state index is 0.0415. The molecular weight excluding hydrogens is 339 g/mol. The van der Waals surface area contributed by atoms with E-state index in [0.29, 0.717) is 11.7 Å². The van der Waals surface area contributed by atoms with Gasteiger partial charge in [-0.2, -0.15) is 0 Å². The molecule has 0 amide bonds. The average molecular weight is 370 g/mol. The third-order valence-corrected chi connectivity index (χ3v) is 6.41. The first-order chi connectivity index (χ1) is 12.2. The van der Waals surface area contributed by atoms with Crippen LogP contribution in [0.5, 0.6) is 0 Å². The first kappa shape index (κ1) is 20.6. The molecule has 2 nitrogen and oxygen atoms in total. The summed E-state index contributed by atoms with van der Waals surface area (Å²) >= 11 is 0. The van der Waals surface area contributed by atoms with E-state index in [1.807, 2.05) is 32.0 Å². The summed E-state index contributed by atoms with van der Waals surface area (Å²) in [5, 5.41) is 0. The fourth-order valence-corrected chi connectivity index (χ4v) is 4.74. The van der Waals surface area contributed by atoms with Crippen molar-refractivity contribution in [3.8, 4) is 0 Å². The summed E-state index contributed by atoms with van der Waals surface area (Å²) in [6.45, 7) is 10.4. The number of aryl methyl sites for hydroxylation is 3. The van der Waals surface area contributed by atoms with E-state index in [2.05, 4.69) is 45.0 Å². The van der Waals surface area contributed by atoms with Crippen molar-refractivity contribution in [2.75, 3.05) is 6.16 Å². The van der Waals surface area contributed by atoms with Gasteiger partial charge in [0.25, 0.3) is 0 Å². The lowest BCUT2D eigenvalue weighted by Crippen LogP contribution is -2.13. The van der Waals surface area contributed by atoms with Crippen LogP contribution in [0.1, 0.15) is 66.2 Å². The molecule has 2 aromatic carbocycles. The molecule has 2 rings (SSSR count). The van der Waals surface area contributed by atoms with Gasteiger partial charge in [-0.25, -0.2) is 0 Å². The summed E-state index contributed by atoms with van der Waals surface area (Å²) in [4.78, 5) is 12.7. The molecule has 0 N–H and O–H groups in total. The van der Waals surface area contributed by atoms with Crippen molar-refractivity contribution in [2.24, 2.45) is 0 Å². The van der Waals surface area contributed by atoms with E-state index < -0.39 is 7.80 Å². The Morgan fingerprint density at radius 3 is 2.08 bits per heavy atom. The highest BCUT2D eigenvalue weighted by Gasteiger charge is 2.22. The minimum atomic E-state index is -2.25. The third-order valence-electron chi connectivity index (χ3n) is 4.84. The zero-order chi connectivity index (χ0) is 19.3. The van der Waals surface area contributed by atoms with Crippen LogP contribution in [0.3, 0.4) is 0 Å². The van der Waals surface area contributed by atoms with Gasteiger partial charge in [-0.05, 0) is 60.8 Å². The van der Waals surface area contributed by atoms with Gasteiger partial charge in [-0.3, -0.25) is 4.79 Å². The standard InChI is InChI=1S/C23H31O2P/c1-17-15-20(23(3,4)5)16-18(2)21(17)22(24)26(25)14-10-9-13-19-11-7-6-8-12-19/h6-8,11-12,15-16,26H,9-10,13-14H2,1-5H3. The lowest BCUT2D eigenvalue weighted by Gasteiger charge is -2.22. The normalized spacial score (nSPS) is 12.8. The first-order valence-corrected chi connectivity index (χ1v) is 11.0. The molecule has 0 aliphatic heterocycles. The SMILES string of the molecule is Cc1cc(C(C)(C)C)cc(C)c1C(=O)[PH](=O)CCCCc1ccccc1. The third kappa shape index (κ3) is 5.42. The van der Waals surface area contributed by atoms with Crippen LogP contribution in [0.15, 0.2) is 42.5 Å². The van der Waals surface area contributed by atoms with Crippen molar-refractivity contribution < 1.29 is 9.36 Å². The molecule has 0 saturated heterocycles. The molecule has 3 heteroatoms. The van der Waals surface area contributed by atoms with Crippen molar-refractivity contribution in [1.82, 2.24) is 0 Å². The number of hydrogen-bond donors (Lipinski definition) is 0. The summed E-state index contributed by atoms with van der Waals surface area (Å²) in [5.41, 5.74) is 4.97. The fourth-order valence-electron chi connectivity index (χ4n) is 3.27. The van der Waals surface area contributed by atoms with E-state index in [0.717, 1.165) is 30.4 Å². The van der Waals surface area contributed by atoms with Crippen LogP contribution in [0, 0.1) is 13.8 Å². The van der Waals surface area contributed by atoms with Gasteiger partial charge in [0.05, 0.1) is 0 Å². The van der Waals surface area contributed by atoms with Crippen molar-refractivity contribution in [3.63, 3.8) is 0 Å². The van der Waals surface area contributed by atoms with E-state index in [4.69, 9.17) is 0 Å². The first-order valence-electron chi connectivity index (χ1n) is 9.43. The molecule has 0 saturated carbocycles. The predicted octanol–water partition coefficient (Wildman–Crippen LogP) is 6.32. The zero-order valence-electron chi connectivity index (χ0n) is 16.7. The van der Waals surface area contributed by atoms with E-state index in [1.54, 1.807) is 0 Å². The Hall–Kier alpha value is -1.66. The molecule has 0 aromatic heterocycles. The highest BCUT2D eigenvalue weighted by atomic mass is 31.1. The highest BCUT2D eigenvalue weighted by Crippen LogP contribution is 2.34. The second-order valence-corrected chi connectivity index (χ2v) is 9.98. The molecule has 0 aliphatic rings. The second-order valence-electron chi connectivity index (χ2n) is 8.18. The maximum atomic E-state index is 12.7. The monoisotopic (exact) mass is 370 g/mol. The molecule has 0 heterocycles. The topological polar surface area (TPSA) is 34.1 Å². The summed E-state index contributed by atoms with van der Waals surface area (Å²) in [7, 11) is -2.25. The Labute approximate surface area is 158 Å². The Morgan fingerprint density at radius 2 is 1.54 bits per heavy atom. The highest BCUT2D eigenvalue weighted by molar-refractivity contribution is 7.64. The van der Waals surface area contributed by atoms with E-state index >= 15 is 0 Å². The maximum Gasteiger partial charge on any atom is 0.219 e. The summed E-state index contributed by atoms with van der Waals surface area (Å²) in [6, 6.07) is 14.4. The van der Waals surface area contributed by atoms with Gasteiger partial charge in [0.1, 0.15) is 7.80 Å². The molecule has 0 spiro atoms. The van der Waals surface area contributed by atoms with Gasteiger partial charge in [0.2, 0.25) is 5.52 Å². The van der Waals surface area contributed by atoms with Crippen LogP contribution in [-0.4, -0.2) is 11.7 Å². The molecule has 0 radical (unpaired) electrons. The molecule has 140 valence electrons. The van der Waals surface area contributed by atoms with E-state index in [1.165, 1.54) is 11.1 Å². The van der Waals surface area contributed by atoms with Gasteiger partial charge in [-0.15, -0.1) is 0 Å². The minimum Gasteiger partial charge on any atom is -0.318 e. The largest absolute Gasteiger partial charge is 0.318 e. The van der Waals surface area contributed by atoms with Gasteiger partial charge in [0.15, 0.2) is 0 Å². The molecule has 0 bridgehead atoms. The Morgan fingerprint density at radius 1 is 0.962 bits per heavy atom. The van der Waals surface area contributed by atoms with Crippen LogP contribution < -0.4 is 0 Å². The molecule has 1 atom stereocenters. The fraction of sp³-hybridized carbons (Fsp3) is 0.435. The van der Waals surface area contributed by atoms with Gasteiger partial charge >= 0.3 is 0 Å². The summed E-state index contributed by atoms with van der Waals surface area (Å²) < 4.78 is 12.6.